The number of aromatic nitrogens is 2. The van der Waals surface area contributed by atoms with E-state index in [2.05, 4.69) is 10.3 Å². The maximum absolute atomic E-state index is 12.2. The molecule has 1 atom stereocenters. The molecule has 0 fully saturated rings. The molecular weight excluding hydrogens is 242 g/mol. The van der Waals surface area contributed by atoms with Gasteiger partial charge in [0.05, 0.1) is 29.9 Å². The number of benzene rings is 1. The first-order chi connectivity index (χ1) is 9.08. The van der Waals surface area contributed by atoms with E-state index in [0.717, 1.165) is 0 Å². The first-order valence-electron chi connectivity index (χ1n) is 6.43. The number of nitrogens with one attached hydrogen (secondary N) is 1. The number of fused-ring (bicyclic) bond motifs is 1. The lowest BCUT2D eigenvalue weighted by molar-refractivity contribution is 0.147. The van der Waals surface area contributed by atoms with Crippen LogP contribution in [0.2, 0.25) is 0 Å². The number of hydrogen-bond donors (Lipinski definition) is 2. The zero-order chi connectivity index (χ0) is 13.8. The highest BCUT2D eigenvalue weighted by molar-refractivity contribution is 5.76. The Morgan fingerprint density at radius 2 is 2.11 bits per heavy atom. The highest BCUT2D eigenvalue weighted by Gasteiger charge is 2.09. The molecule has 102 valence electrons. The van der Waals surface area contributed by atoms with Crippen molar-refractivity contribution in [2.24, 2.45) is 0 Å². The molecule has 0 radical (unpaired) electrons. The Bertz CT molecular complexity index is 607. The Kier molecular flexibility index (Phi) is 4.29. The van der Waals surface area contributed by atoms with Gasteiger partial charge in [-0.2, -0.15) is 0 Å². The normalized spacial score (nSPS) is 13.1. The lowest BCUT2D eigenvalue weighted by Crippen LogP contribution is -2.36. The van der Waals surface area contributed by atoms with Crippen molar-refractivity contribution in [1.82, 2.24) is 14.9 Å². The summed E-state index contributed by atoms with van der Waals surface area (Å²) in [6.07, 6.45) is 0.881. The monoisotopic (exact) mass is 261 g/mol. The zero-order valence-corrected chi connectivity index (χ0v) is 11.2. The summed E-state index contributed by atoms with van der Waals surface area (Å²) >= 11 is 0. The molecular formula is C14H19N3O2. The zero-order valence-electron chi connectivity index (χ0n) is 11.2. The van der Waals surface area contributed by atoms with Crippen molar-refractivity contribution < 1.29 is 5.11 Å². The summed E-state index contributed by atoms with van der Waals surface area (Å²) in [5, 5.41) is 13.6. The van der Waals surface area contributed by atoms with Crippen LogP contribution < -0.4 is 10.9 Å². The minimum absolute atomic E-state index is 0.116. The second kappa shape index (κ2) is 5.95. The fraction of sp³-hybridized carbons (Fsp3) is 0.429. The Hall–Kier alpha value is -1.72. The number of rotatable bonds is 5. The van der Waals surface area contributed by atoms with E-state index in [1.165, 1.54) is 10.9 Å². The quantitative estimate of drug-likeness (QED) is 0.833. The Morgan fingerprint density at radius 3 is 2.84 bits per heavy atom. The average Bonchev–Trinajstić information content (AvgIpc) is 2.40. The summed E-state index contributed by atoms with van der Waals surface area (Å²) in [5.74, 6) is 0. The molecule has 0 amide bonds. The molecule has 1 heterocycles. The van der Waals surface area contributed by atoms with Crippen molar-refractivity contribution in [1.29, 1.82) is 0 Å². The van der Waals surface area contributed by atoms with Crippen molar-refractivity contribution in [3.63, 3.8) is 0 Å². The lowest BCUT2D eigenvalue weighted by Gasteiger charge is -2.15. The maximum atomic E-state index is 12.2. The molecule has 5 heteroatoms. The van der Waals surface area contributed by atoms with E-state index in [1.807, 2.05) is 26.0 Å². The van der Waals surface area contributed by atoms with Gasteiger partial charge in [-0.25, -0.2) is 4.98 Å². The smallest absolute Gasteiger partial charge is 0.261 e. The molecule has 0 aliphatic carbocycles. The Labute approximate surface area is 111 Å². The van der Waals surface area contributed by atoms with Gasteiger partial charge in [0.1, 0.15) is 0 Å². The highest BCUT2D eigenvalue weighted by atomic mass is 16.3. The molecule has 1 unspecified atom stereocenters. The predicted molar refractivity (Wildman–Crippen MR) is 75.1 cm³/mol. The van der Waals surface area contributed by atoms with Crippen LogP contribution in [0.3, 0.4) is 0 Å². The predicted octanol–water partition coefficient (Wildman–Crippen LogP) is 0.755. The molecule has 0 aliphatic heterocycles. The van der Waals surface area contributed by atoms with Crippen molar-refractivity contribution >= 4 is 10.9 Å². The summed E-state index contributed by atoms with van der Waals surface area (Å²) in [4.78, 5) is 16.4. The van der Waals surface area contributed by atoms with Gasteiger partial charge in [-0.15, -0.1) is 0 Å². The average molecular weight is 261 g/mol. The second-order valence-corrected chi connectivity index (χ2v) is 4.94. The fourth-order valence-corrected chi connectivity index (χ4v) is 1.90. The first kappa shape index (κ1) is 13.7. The van der Waals surface area contributed by atoms with Crippen molar-refractivity contribution in [2.75, 3.05) is 6.54 Å². The van der Waals surface area contributed by atoms with Gasteiger partial charge in [0, 0.05) is 12.6 Å². The number of hydrogen-bond acceptors (Lipinski definition) is 4. The minimum Gasteiger partial charge on any atom is -0.390 e. The molecule has 1 aromatic heterocycles. The molecule has 0 bridgehead atoms. The van der Waals surface area contributed by atoms with Gasteiger partial charge >= 0.3 is 0 Å². The van der Waals surface area contributed by atoms with Crippen LogP contribution in [-0.2, 0) is 6.54 Å². The van der Waals surface area contributed by atoms with Gasteiger partial charge in [0.15, 0.2) is 0 Å². The molecule has 19 heavy (non-hydrogen) atoms. The Balaban J connectivity index is 2.17. The third kappa shape index (κ3) is 3.39. The van der Waals surface area contributed by atoms with Crippen LogP contribution in [0.1, 0.15) is 13.8 Å². The summed E-state index contributed by atoms with van der Waals surface area (Å²) in [7, 11) is 0. The van der Waals surface area contributed by atoms with E-state index in [-0.39, 0.29) is 12.1 Å². The van der Waals surface area contributed by atoms with Crippen LogP contribution in [0, 0.1) is 0 Å². The van der Waals surface area contributed by atoms with E-state index in [1.54, 1.807) is 12.1 Å². The molecule has 2 N–H and O–H groups in total. The summed E-state index contributed by atoms with van der Waals surface area (Å²) < 4.78 is 1.45. The standard InChI is InChI=1S/C14H19N3O2/c1-10(2)15-7-11(18)8-17-9-16-13-6-4-3-5-12(13)14(17)19/h3-6,9-11,15,18H,7-8H2,1-2H3. The molecule has 5 nitrogen and oxygen atoms in total. The van der Waals surface area contributed by atoms with Crippen molar-refractivity contribution in [3.05, 3.63) is 40.9 Å². The van der Waals surface area contributed by atoms with E-state index < -0.39 is 6.10 Å². The van der Waals surface area contributed by atoms with Gasteiger partial charge in [-0.3, -0.25) is 9.36 Å². The van der Waals surface area contributed by atoms with E-state index >= 15 is 0 Å². The van der Waals surface area contributed by atoms with Crippen LogP contribution in [0.25, 0.3) is 10.9 Å². The van der Waals surface area contributed by atoms with Gasteiger partial charge < -0.3 is 10.4 Å². The summed E-state index contributed by atoms with van der Waals surface area (Å²) in [6.45, 7) is 4.72. The Morgan fingerprint density at radius 1 is 1.37 bits per heavy atom. The maximum Gasteiger partial charge on any atom is 0.261 e. The van der Waals surface area contributed by atoms with E-state index in [4.69, 9.17) is 0 Å². The SMILES string of the molecule is CC(C)NCC(O)Cn1cnc2ccccc2c1=O. The van der Waals surface area contributed by atoms with Gasteiger partial charge in [-0.1, -0.05) is 26.0 Å². The van der Waals surface area contributed by atoms with Crippen LogP contribution in [0.5, 0.6) is 0 Å². The number of aliphatic hydroxyl groups excluding tert-OH is 1. The fourth-order valence-electron chi connectivity index (χ4n) is 1.90. The minimum atomic E-state index is -0.608. The molecule has 0 saturated heterocycles. The largest absolute Gasteiger partial charge is 0.390 e. The summed E-state index contributed by atoms with van der Waals surface area (Å²) in [5.41, 5.74) is 0.563. The third-order valence-electron chi connectivity index (χ3n) is 2.90. The van der Waals surface area contributed by atoms with Crippen molar-refractivity contribution in [2.45, 2.75) is 32.5 Å². The van der Waals surface area contributed by atoms with Crippen molar-refractivity contribution in [3.8, 4) is 0 Å². The van der Waals surface area contributed by atoms with Gasteiger partial charge in [-0.05, 0) is 12.1 Å². The summed E-state index contributed by atoms with van der Waals surface area (Å²) in [6, 6.07) is 7.52. The van der Waals surface area contributed by atoms with Crippen LogP contribution >= 0.6 is 0 Å². The second-order valence-electron chi connectivity index (χ2n) is 4.94. The van der Waals surface area contributed by atoms with E-state index in [0.29, 0.717) is 23.5 Å². The van der Waals surface area contributed by atoms with E-state index in [9.17, 15) is 9.90 Å². The lowest BCUT2D eigenvalue weighted by atomic mass is 10.2. The first-order valence-corrected chi connectivity index (χ1v) is 6.43. The van der Waals surface area contributed by atoms with Crippen LogP contribution in [0.15, 0.2) is 35.4 Å². The molecule has 1 aromatic carbocycles. The molecule has 2 rings (SSSR count). The van der Waals surface area contributed by atoms with Crippen LogP contribution in [0.4, 0.5) is 0 Å². The third-order valence-corrected chi connectivity index (χ3v) is 2.90. The molecule has 0 saturated carbocycles. The number of nitrogens with zero attached hydrogens (tertiary/aromatic N) is 2. The molecule has 2 aromatic rings. The molecule has 0 aliphatic rings. The number of para-hydroxylation sites is 1. The van der Waals surface area contributed by atoms with Crippen LogP contribution in [-0.4, -0.2) is 33.3 Å². The van der Waals surface area contributed by atoms with Gasteiger partial charge in [0.25, 0.3) is 5.56 Å². The highest BCUT2D eigenvalue weighted by Crippen LogP contribution is 2.04. The van der Waals surface area contributed by atoms with Gasteiger partial charge in [0.2, 0.25) is 0 Å². The number of aliphatic hydroxyl groups is 1. The molecule has 0 spiro atoms. The topological polar surface area (TPSA) is 67.2 Å².